The maximum Gasteiger partial charge on any atom is 0.485 e. The molecule has 0 aliphatic heterocycles. The Morgan fingerprint density at radius 3 is 1.94 bits per heavy atom. The summed E-state index contributed by atoms with van der Waals surface area (Å²) < 4.78 is 58.9. The summed E-state index contributed by atoms with van der Waals surface area (Å²) in [4.78, 5) is 2.82. The molecular formula is C7H5F3N2O4S. The van der Waals surface area contributed by atoms with Gasteiger partial charge in [0.1, 0.15) is 0 Å². The summed E-state index contributed by atoms with van der Waals surface area (Å²) in [5.41, 5.74) is -5.45. The molecule has 0 fully saturated rings. The van der Waals surface area contributed by atoms with Crippen molar-refractivity contribution in [3.63, 3.8) is 0 Å². The molecule has 0 radical (unpaired) electrons. The summed E-state index contributed by atoms with van der Waals surface area (Å²) in [5, 5.41) is 17.0. The van der Waals surface area contributed by atoms with Crippen molar-refractivity contribution < 1.29 is 31.2 Å². The minimum atomic E-state index is -6.09. The Labute approximate surface area is 93.7 Å². The molecule has 94 valence electrons. The van der Waals surface area contributed by atoms with Crippen molar-refractivity contribution in [3.05, 3.63) is 29.2 Å². The zero-order valence-corrected chi connectivity index (χ0v) is 8.73. The molecule has 1 aromatic carbocycles. The average molecular weight is 270 g/mol. The number of rotatable bonds is 0. The second kappa shape index (κ2) is 5.46. The maximum atomic E-state index is 10.7. The number of aromatic hydroxyl groups is 1. The molecule has 1 rings (SSSR count). The Balaban J connectivity index is 0.000000304. The second-order valence-corrected chi connectivity index (χ2v) is 3.86. The Hall–Kier alpha value is -1.86. The van der Waals surface area contributed by atoms with Crippen LogP contribution in [0.4, 0.5) is 18.9 Å². The first-order valence-corrected chi connectivity index (χ1v) is 5.15. The van der Waals surface area contributed by atoms with Gasteiger partial charge in [0.05, 0.1) is 0 Å². The molecule has 10 heteroatoms. The van der Waals surface area contributed by atoms with E-state index in [0.29, 0.717) is 0 Å². The van der Waals surface area contributed by atoms with Gasteiger partial charge in [-0.25, -0.2) is 8.42 Å². The zero-order valence-electron chi connectivity index (χ0n) is 7.92. The molecule has 1 aromatic rings. The lowest BCUT2D eigenvalue weighted by Gasteiger charge is -2.08. The van der Waals surface area contributed by atoms with E-state index in [1.54, 1.807) is 12.1 Å². The molecule has 0 aliphatic rings. The molecule has 0 saturated heterocycles. The second-order valence-electron chi connectivity index (χ2n) is 2.49. The van der Waals surface area contributed by atoms with Crippen LogP contribution in [0.25, 0.3) is 4.98 Å². The van der Waals surface area contributed by atoms with E-state index in [-0.39, 0.29) is 11.4 Å². The van der Waals surface area contributed by atoms with Gasteiger partial charge in [0.15, 0.2) is 15.1 Å². The number of nitrogens with zero attached hydrogens (tertiary/aromatic N) is 2. The van der Waals surface area contributed by atoms with Crippen molar-refractivity contribution in [1.82, 2.24) is 0 Å². The maximum absolute atomic E-state index is 10.7. The van der Waals surface area contributed by atoms with Crippen LogP contribution in [0, 0.1) is 5.39 Å². The molecule has 0 bridgehead atoms. The summed E-state index contributed by atoms with van der Waals surface area (Å²) in [5.74, 6) is -0.0139. The number of hydrogen-bond acceptors (Lipinski definition) is 5. The largest absolute Gasteiger partial charge is 0.741 e. The van der Waals surface area contributed by atoms with E-state index in [0.717, 1.165) is 0 Å². The van der Waals surface area contributed by atoms with Gasteiger partial charge < -0.3 is 9.66 Å². The topological polar surface area (TPSA) is 106 Å². The highest BCUT2D eigenvalue weighted by atomic mass is 32.2. The molecule has 0 amide bonds. The lowest BCUT2D eigenvalue weighted by Crippen LogP contribution is -2.21. The highest BCUT2D eigenvalue weighted by molar-refractivity contribution is 7.86. The zero-order chi connectivity index (χ0) is 13.7. The van der Waals surface area contributed by atoms with Gasteiger partial charge in [-0.1, -0.05) is 12.1 Å². The lowest BCUT2D eigenvalue weighted by atomic mass is 10.3. The molecule has 1 N–H and O–H groups in total. The van der Waals surface area contributed by atoms with Crippen LogP contribution in [0.15, 0.2) is 24.3 Å². The van der Waals surface area contributed by atoms with E-state index in [9.17, 15) is 13.2 Å². The number of hydrogen-bond donors (Lipinski definition) is 1. The number of para-hydroxylation sites is 1. The summed E-state index contributed by atoms with van der Waals surface area (Å²) in [6, 6.07) is 6.29. The van der Waals surface area contributed by atoms with Crippen molar-refractivity contribution in [3.8, 4) is 5.75 Å². The van der Waals surface area contributed by atoms with Gasteiger partial charge >= 0.3 is 11.2 Å². The Morgan fingerprint density at radius 1 is 1.29 bits per heavy atom. The quantitative estimate of drug-likeness (QED) is 0.440. The molecule has 0 unspecified atom stereocenters. The van der Waals surface area contributed by atoms with Crippen LogP contribution in [0.2, 0.25) is 0 Å². The normalized spacial score (nSPS) is 11.0. The number of halogens is 3. The van der Waals surface area contributed by atoms with Crippen LogP contribution in [-0.4, -0.2) is 23.6 Å². The fourth-order valence-electron chi connectivity index (χ4n) is 0.549. The van der Waals surface area contributed by atoms with Crippen LogP contribution in [-0.2, 0) is 10.1 Å². The highest BCUT2D eigenvalue weighted by Crippen LogP contribution is 2.24. The monoisotopic (exact) mass is 270 g/mol. The Bertz CT molecular complexity index is 521. The predicted molar refractivity (Wildman–Crippen MR) is 48.6 cm³/mol. The molecule has 0 aliphatic carbocycles. The van der Waals surface area contributed by atoms with Crippen molar-refractivity contribution in [2.75, 3.05) is 0 Å². The third kappa shape index (κ3) is 5.14. The standard InChI is InChI=1S/C6H4N2O.CHF3O3S/c7-8-5-3-1-2-4-6(5)9;2-1(3,4)8(5,6)7/h1-4H;(H,5,6,7). The number of alkyl halides is 3. The minimum absolute atomic E-state index is 0.0139. The van der Waals surface area contributed by atoms with Crippen LogP contribution in [0.1, 0.15) is 0 Å². The van der Waals surface area contributed by atoms with Crippen LogP contribution in [0.3, 0.4) is 0 Å². The first-order chi connectivity index (χ1) is 7.59. The Kier molecular flexibility index (Phi) is 4.87. The summed E-state index contributed by atoms with van der Waals surface area (Å²) >= 11 is 0. The van der Waals surface area contributed by atoms with Crippen molar-refractivity contribution >= 4 is 15.8 Å². The smallest absolute Gasteiger partial charge is 0.485 e. The number of phenolic OH excluding ortho intramolecular Hbond substituents is 1. The molecule has 6 nitrogen and oxygen atoms in total. The molecular weight excluding hydrogens is 265 g/mol. The van der Waals surface area contributed by atoms with Gasteiger partial charge in [0.25, 0.3) is 0 Å². The van der Waals surface area contributed by atoms with E-state index < -0.39 is 15.6 Å². The van der Waals surface area contributed by atoms with Crippen LogP contribution >= 0.6 is 0 Å². The molecule has 17 heavy (non-hydrogen) atoms. The van der Waals surface area contributed by atoms with Gasteiger partial charge in [0.2, 0.25) is 11.1 Å². The third-order valence-corrected chi connectivity index (χ3v) is 1.84. The minimum Gasteiger partial charge on any atom is -0.741 e. The Morgan fingerprint density at radius 2 is 1.71 bits per heavy atom. The SMILES string of the molecule is N#[N+]c1ccccc1O.O=S(=O)([O-])C(F)(F)F. The predicted octanol–water partition coefficient (Wildman–Crippen LogP) is 1.93. The van der Waals surface area contributed by atoms with Crippen molar-refractivity contribution in [1.29, 1.82) is 5.39 Å². The molecule has 0 heterocycles. The van der Waals surface area contributed by atoms with E-state index >= 15 is 0 Å². The van der Waals surface area contributed by atoms with Gasteiger partial charge in [-0.2, -0.15) is 13.2 Å². The van der Waals surface area contributed by atoms with Crippen LogP contribution in [0.5, 0.6) is 5.75 Å². The molecule has 0 atom stereocenters. The van der Waals surface area contributed by atoms with E-state index in [4.69, 9.17) is 23.5 Å². The summed E-state index contributed by atoms with van der Waals surface area (Å²) in [6.45, 7) is 0. The van der Waals surface area contributed by atoms with Crippen molar-refractivity contribution in [2.45, 2.75) is 5.51 Å². The van der Waals surface area contributed by atoms with Crippen molar-refractivity contribution in [2.24, 2.45) is 0 Å². The van der Waals surface area contributed by atoms with Gasteiger partial charge in [-0.3, -0.25) is 0 Å². The number of benzene rings is 1. The first kappa shape index (κ1) is 15.1. The molecule has 0 saturated carbocycles. The first-order valence-electron chi connectivity index (χ1n) is 3.75. The molecule has 0 spiro atoms. The fourth-order valence-corrected chi connectivity index (χ4v) is 0.549. The molecule has 0 aromatic heterocycles. The number of phenols is 1. The van der Waals surface area contributed by atoms with E-state index in [1.165, 1.54) is 12.1 Å². The van der Waals surface area contributed by atoms with Crippen LogP contribution < -0.4 is 0 Å². The third-order valence-electron chi connectivity index (χ3n) is 1.27. The van der Waals surface area contributed by atoms with E-state index in [1.807, 2.05) is 0 Å². The fraction of sp³-hybridized carbons (Fsp3) is 0.143. The van der Waals surface area contributed by atoms with Gasteiger partial charge in [-0.05, 0) is 6.07 Å². The highest BCUT2D eigenvalue weighted by Gasteiger charge is 2.36. The average Bonchev–Trinajstić information content (AvgIpc) is 2.16. The summed E-state index contributed by atoms with van der Waals surface area (Å²) in [7, 11) is -6.09. The lowest BCUT2D eigenvalue weighted by molar-refractivity contribution is -0.0517. The van der Waals surface area contributed by atoms with Gasteiger partial charge in [-0.15, -0.1) is 0 Å². The number of diazo groups is 1. The van der Waals surface area contributed by atoms with E-state index in [2.05, 4.69) is 4.98 Å². The van der Waals surface area contributed by atoms with Gasteiger partial charge in [0, 0.05) is 6.07 Å². The summed E-state index contributed by atoms with van der Waals surface area (Å²) in [6.07, 6.45) is 0.